The molecule has 1 atom stereocenters. The normalized spacial score (nSPS) is 11.8. The summed E-state index contributed by atoms with van der Waals surface area (Å²) < 4.78 is 5.52. The molecule has 2 aromatic rings. The number of nitrogens with zero attached hydrogens (tertiary/aromatic N) is 3. The van der Waals surface area contributed by atoms with Gasteiger partial charge in [-0.25, -0.2) is 9.97 Å². The number of rotatable bonds is 5. The number of carbonyl (C=O) groups excluding carboxylic acids is 1. The molecule has 6 heteroatoms. The van der Waals surface area contributed by atoms with Crippen LogP contribution in [0, 0.1) is 6.92 Å². The number of benzene rings is 1. The maximum absolute atomic E-state index is 11.1. The van der Waals surface area contributed by atoms with Crippen molar-refractivity contribution >= 4 is 11.9 Å². The van der Waals surface area contributed by atoms with Gasteiger partial charge in [0.25, 0.3) is 5.91 Å². The molecule has 2 N–H and O–H groups in total. The zero-order valence-corrected chi connectivity index (χ0v) is 13.2. The van der Waals surface area contributed by atoms with Crippen molar-refractivity contribution in [3.63, 3.8) is 0 Å². The molecule has 1 unspecified atom stereocenters. The predicted molar refractivity (Wildman–Crippen MR) is 85.8 cm³/mol. The summed E-state index contributed by atoms with van der Waals surface area (Å²) in [5.41, 5.74) is 7.79. The Bertz CT molecular complexity index is 686. The molecule has 0 saturated heterocycles. The van der Waals surface area contributed by atoms with Crippen LogP contribution >= 0.6 is 0 Å². The number of hydrogen-bond donors (Lipinski definition) is 1. The van der Waals surface area contributed by atoms with Gasteiger partial charge in [0.15, 0.2) is 6.10 Å². The number of anilines is 1. The summed E-state index contributed by atoms with van der Waals surface area (Å²) in [5, 5.41) is 0. The minimum atomic E-state index is -0.681. The third-order valence-electron chi connectivity index (χ3n) is 3.09. The van der Waals surface area contributed by atoms with Gasteiger partial charge in [-0.1, -0.05) is 12.1 Å². The first-order valence-electron chi connectivity index (χ1n) is 6.96. The van der Waals surface area contributed by atoms with E-state index in [1.54, 1.807) is 13.0 Å². The Morgan fingerprint density at radius 2 is 2.00 bits per heavy atom. The van der Waals surface area contributed by atoms with Crippen molar-refractivity contribution in [2.24, 2.45) is 5.73 Å². The molecule has 0 radical (unpaired) electrons. The smallest absolute Gasteiger partial charge is 0.258 e. The summed E-state index contributed by atoms with van der Waals surface area (Å²) in [7, 11) is 3.79. The number of amides is 1. The largest absolute Gasteiger partial charge is 0.481 e. The lowest BCUT2D eigenvalue weighted by Gasteiger charge is -2.14. The minimum absolute atomic E-state index is 0.502. The van der Waals surface area contributed by atoms with Gasteiger partial charge < -0.3 is 15.4 Å². The van der Waals surface area contributed by atoms with Crippen LogP contribution in [0.3, 0.4) is 0 Å². The van der Waals surface area contributed by atoms with Gasteiger partial charge in [-0.2, -0.15) is 0 Å². The summed E-state index contributed by atoms with van der Waals surface area (Å²) in [4.78, 5) is 21.8. The fourth-order valence-corrected chi connectivity index (χ4v) is 1.89. The van der Waals surface area contributed by atoms with E-state index in [2.05, 4.69) is 9.97 Å². The van der Waals surface area contributed by atoms with Crippen molar-refractivity contribution in [2.75, 3.05) is 19.0 Å². The van der Waals surface area contributed by atoms with E-state index >= 15 is 0 Å². The van der Waals surface area contributed by atoms with Crippen LogP contribution in [-0.2, 0) is 4.79 Å². The molecular weight excluding hydrogens is 280 g/mol. The quantitative estimate of drug-likeness (QED) is 0.910. The van der Waals surface area contributed by atoms with Crippen LogP contribution in [0.2, 0.25) is 0 Å². The van der Waals surface area contributed by atoms with Crippen molar-refractivity contribution < 1.29 is 9.53 Å². The maximum Gasteiger partial charge on any atom is 0.258 e. The third-order valence-corrected chi connectivity index (χ3v) is 3.09. The standard InChI is InChI=1S/C16H20N4O2/c1-10-8-14(19-16(18-10)20(3)4)12-6-5-7-13(9-12)22-11(2)15(17)21/h5-9,11H,1-4H3,(H2,17,21). The topological polar surface area (TPSA) is 81.3 Å². The van der Waals surface area contributed by atoms with Gasteiger partial charge >= 0.3 is 0 Å². The zero-order chi connectivity index (χ0) is 16.3. The van der Waals surface area contributed by atoms with Gasteiger partial charge in [0.1, 0.15) is 5.75 Å². The predicted octanol–water partition coefficient (Wildman–Crippen LogP) is 1.77. The van der Waals surface area contributed by atoms with E-state index in [0.29, 0.717) is 11.7 Å². The molecule has 2 rings (SSSR count). The Balaban J connectivity index is 2.35. The highest BCUT2D eigenvalue weighted by molar-refractivity contribution is 5.78. The van der Waals surface area contributed by atoms with E-state index in [1.807, 2.05) is 50.2 Å². The van der Waals surface area contributed by atoms with Crippen LogP contribution in [0.1, 0.15) is 12.6 Å². The molecular formula is C16H20N4O2. The highest BCUT2D eigenvalue weighted by atomic mass is 16.5. The fraction of sp³-hybridized carbons (Fsp3) is 0.312. The van der Waals surface area contributed by atoms with Crippen LogP contribution < -0.4 is 15.4 Å². The Morgan fingerprint density at radius 3 is 2.64 bits per heavy atom. The number of aromatic nitrogens is 2. The van der Waals surface area contributed by atoms with E-state index in [0.717, 1.165) is 17.0 Å². The molecule has 0 aliphatic heterocycles. The summed E-state index contributed by atoms with van der Waals surface area (Å²) in [5.74, 6) is 0.719. The molecule has 0 aliphatic rings. The summed E-state index contributed by atoms with van der Waals surface area (Å²) >= 11 is 0. The molecule has 0 aliphatic carbocycles. The average molecular weight is 300 g/mol. The van der Waals surface area contributed by atoms with E-state index < -0.39 is 12.0 Å². The zero-order valence-electron chi connectivity index (χ0n) is 13.2. The van der Waals surface area contributed by atoms with Crippen LogP contribution in [0.4, 0.5) is 5.95 Å². The van der Waals surface area contributed by atoms with Crippen molar-refractivity contribution in [1.29, 1.82) is 0 Å². The van der Waals surface area contributed by atoms with Crippen LogP contribution in [0.25, 0.3) is 11.3 Å². The first-order valence-corrected chi connectivity index (χ1v) is 6.96. The molecule has 0 bridgehead atoms. The Hall–Kier alpha value is -2.63. The van der Waals surface area contributed by atoms with Crippen LogP contribution in [0.15, 0.2) is 30.3 Å². The highest BCUT2D eigenvalue weighted by Gasteiger charge is 2.12. The van der Waals surface area contributed by atoms with Gasteiger partial charge in [0.2, 0.25) is 5.95 Å². The number of carbonyl (C=O) groups is 1. The number of ether oxygens (including phenoxy) is 1. The lowest BCUT2D eigenvalue weighted by Crippen LogP contribution is -2.30. The van der Waals surface area contributed by atoms with Gasteiger partial charge in [0.05, 0.1) is 5.69 Å². The van der Waals surface area contributed by atoms with E-state index in [9.17, 15) is 4.79 Å². The Morgan fingerprint density at radius 1 is 1.27 bits per heavy atom. The van der Waals surface area contributed by atoms with Crippen molar-refractivity contribution in [2.45, 2.75) is 20.0 Å². The second-order valence-electron chi connectivity index (χ2n) is 5.28. The van der Waals surface area contributed by atoms with Crippen molar-refractivity contribution in [1.82, 2.24) is 9.97 Å². The lowest BCUT2D eigenvalue weighted by molar-refractivity contribution is -0.123. The molecule has 0 spiro atoms. The first kappa shape index (κ1) is 15.8. The number of hydrogen-bond acceptors (Lipinski definition) is 5. The van der Waals surface area contributed by atoms with E-state index in [1.165, 1.54) is 0 Å². The van der Waals surface area contributed by atoms with Crippen LogP contribution in [0.5, 0.6) is 5.75 Å². The molecule has 0 saturated carbocycles. The first-order chi connectivity index (χ1) is 10.4. The second-order valence-corrected chi connectivity index (χ2v) is 5.28. The Kier molecular flexibility index (Phi) is 4.60. The third kappa shape index (κ3) is 3.72. The summed E-state index contributed by atoms with van der Waals surface area (Å²) in [6.07, 6.45) is -0.681. The number of primary amides is 1. The lowest BCUT2D eigenvalue weighted by atomic mass is 10.1. The molecule has 6 nitrogen and oxygen atoms in total. The molecule has 1 aromatic heterocycles. The van der Waals surface area contributed by atoms with Gasteiger partial charge in [-0.3, -0.25) is 4.79 Å². The van der Waals surface area contributed by atoms with Crippen molar-refractivity contribution in [3.8, 4) is 17.0 Å². The molecule has 1 aromatic carbocycles. The van der Waals surface area contributed by atoms with Crippen LogP contribution in [-0.4, -0.2) is 36.1 Å². The van der Waals surface area contributed by atoms with E-state index in [4.69, 9.17) is 10.5 Å². The second kappa shape index (κ2) is 6.43. The van der Waals surface area contributed by atoms with E-state index in [-0.39, 0.29) is 0 Å². The molecule has 22 heavy (non-hydrogen) atoms. The number of aryl methyl sites for hydroxylation is 1. The van der Waals surface area contributed by atoms with Gasteiger partial charge in [0, 0.05) is 25.4 Å². The Labute approximate surface area is 129 Å². The molecule has 1 heterocycles. The minimum Gasteiger partial charge on any atom is -0.481 e. The summed E-state index contributed by atoms with van der Waals surface area (Å²) in [6, 6.07) is 9.31. The fourth-order valence-electron chi connectivity index (χ4n) is 1.89. The molecule has 116 valence electrons. The average Bonchev–Trinajstić information content (AvgIpc) is 2.46. The maximum atomic E-state index is 11.1. The van der Waals surface area contributed by atoms with Gasteiger partial charge in [-0.05, 0) is 32.0 Å². The SMILES string of the molecule is Cc1cc(-c2cccc(OC(C)C(N)=O)c2)nc(N(C)C)n1. The number of nitrogens with two attached hydrogens (primary N) is 1. The molecule has 1 amide bonds. The monoisotopic (exact) mass is 300 g/mol. The highest BCUT2D eigenvalue weighted by Crippen LogP contribution is 2.24. The molecule has 0 fully saturated rings. The van der Waals surface area contributed by atoms with Crippen molar-refractivity contribution in [3.05, 3.63) is 36.0 Å². The summed E-state index contributed by atoms with van der Waals surface area (Å²) in [6.45, 7) is 3.54. The van der Waals surface area contributed by atoms with Gasteiger partial charge in [-0.15, -0.1) is 0 Å².